The highest BCUT2D eigenvalue weighted by Gasteiger charge is 2.18. The van der Waals surface area contributed by atoms with E-state index >= 15 is 0 Å². The number of rotatable bonds is 9. The van der Waals surface area contributed by atoms with Gasteiger partial charge in [0.05, 0.1) is 32.3 Å². The van der Waals surface area contributed by atoms with Gasteiger partial charge in [0.2, 0.25) is 15.9 Å². The number of amides is 1. The molecule has 2 N–H and O–H groups in total. The van der Waals surface area contributed by atoms with Crippen molar-refractivity contribution in [1.29, 1.82) is 0 Å². The van der Waals surface area contributed by atoms with Gasteiger partial charge in [-0.25, -0.2) is 13.1 Å². The number of anilines is 1. The highest BCUT2D eigenvalue weighted by Crippen LogP contribution is 2.29. The molecule has 8 nitrogen and oxygen atoms in total. The highest BCUT2D eigenvalue weighted by atomic mass is 32.2. The van der Waals surface area contributed by atoms with Crippen LogP contribution in [0.3, 0.4) is 0 Å². The Hall–Kier alpha value is -2.78. The third kappa shape index (κ3) is 5.60. The summed E-state index contributed by atoms with van der Waals surface area (Å²) in [4.78, 5) is 12.0. The van der Waals surface area contributed by atoms with Crippen molar-refractivity contribution < 1.29 is 27.4 Å². The first kappa shape index (κ1) is 20.5. The van der Waals surface area contributed by atoms with Crippen molar-refractivity contribution >= 4 is 21.6 Å². The van der Waals surface area contributed by atoms with Gasteiger partial charge in [-0.15, -0.1) is 0 Å². The Balaban J connectivity index is 1.98. The van der Waals surface area contributed by atoms with Crippen LogP contribution in [0.4, 0.5) is 5.69 Å². The van der Waals surface area contributed by atoms with Crippen LogP contribution in [-0.4, -0.2) is 41.7 Å². The molecule has 0 aromatic heterocycles. The molecule has 0 radical (unpaired) electrons. The van der Waals surface area contributed by atoms with Gasteiger partial charge in [0.25, 0.3) is 0 Å². The van der Waals surface area contributed by atoms with Crippen LogP contribution in [0.1, 0.15) is 6.92 Å². The zero-order chi connectivity index (χ0) is 19.9. The molecule has 0 saturated heterocycles. The van der Waals surface area contributed by atoms with Gasteiger partial charge in [-0.05, 0) is 43.3 Å². The summed E-state index contributed by atoms with van der Waals surface area (Å²) >= 11 is 0. The number of carbonyl (C=O) groups excluding carboxylic acids is 1. The zero-order valence-corrected chi connectivity index (χ0v) is 16.1. The van der Waals surface area contributed by atoms with Crippen LogP contribution in [0.25, 0.3) is 0 Å². The van der Waals surface area contributed by atoms with Crippen molar-refractivity contribution in [2.45, 2.75) is 11.8 Å². The number of hydrogen-bond donors (Lipinski definition) is 2. The summed E-state index contributed by atoms with van der Waals surface area (Å²) < 4.78 is 42.5. The predicted octanol–water partition coefficient (Wildman–Crippen LogP) is 2.02. The van der Waals surface area contributed by atoms with Crippen LogP contribution in [0, 0.1) is 0 Å². The summed E-state index contributed by atoms with van der Waals surface area (Å²) in [7, 11) is -1.02. The minimum atomic E-state index is -3.89. The van der Waals surface area contributed by atoms with Gasteiger partial charge in [0, 0.05) is 11.8 Å². The molecule has 0 aliphatic carbocycles. The molecule has 2 aromatic rings. The number of sulfonamides is 1. The van der Waals surface area contributed by atoms with E-state index in [1.807, 2.05) is 6.92 Å². The maximum absolute atomic E-state index is 12.4. The SMILES string of the molecule is CCOc1ccc(NC(=O)CNS(=O)(=O)c2ccc(OC)c(OC)c2)cc1. The normalized spacial score (nSPS) is 10.9. The minimum Gasteiger partial charge on any atom is -0.494 e. The molecule has 0 unspecified atom stereocenters. The zero-order valence-electron chi connectivity index (χ0n) is 15.3. The van der Waals surface area contributed by atoms with E-state index in [-0.39, 0.29) is 10.6 Å². The molecular formula is C18H22N2O6S. The van der Waals surface area contributed by atoms with Crippen LogP contribution >= 0.6 is 0 Å². The van der Waals surface area contributed by atoms with Gasteiger partial charge < -0.3 is 19.5 Å². The molecule has 27 heavy (non-hydrogen) atoms. The van der Waals surface area contributed by atoms with E-state index in [1.54, 1.807) is 24.3 Å². The lowest BCUT2D eigenvalue weighted by Crippen LogP contribution is -2.32. The highest BCUT2D eigenvalue weighted by molar-refractivity contribution is 7.89. The van der Waals surface area contributed by atoms with Crippen LogP contribution in [-0.2, 0) is 14.8 Å². The Morgan fingerprint density at radius 1 is 1.00 bits per heavy atom. The molecule has 0 fully saturated rings. The van der Waals surface area contributed by atoms with Gasteiger partial charge in [-0.2, -0.15) is 0 Å². The van der Waals surface area contributed by atoms with Crippen molar-refractivity contribution in [2.24, 2.45) is 0 Å². The maximum Gasteiger partial charge on any atom is 0.241 e. The molecule has 0 aliphatic heterocycles. The fourth-order valence-corrected chi connectivity index (χ4v) is 3.23. The van der Waals surface area contributed by atoms with Crippen LogP contribution in [0.5, 0.6) is 17.2 Å². The summed E-state index contributed by atoms with van der Waals surface area (Å²) in [5, 5.41) is 2.61. The molecule has 2 rings (SSSR count). The quantitative estimate of drug-likeness (QED) is 0.675. The summed E-state index contributed by atoms with van der Waals surface area (Å²) in [5.74, 6) is 0.872. The van der Waals surface area contributed by atoms with Crippen molar-refractivity contribution in [3.8, 4) is 17.2 Å². The summed E-state index contributed by atoms with van der Waals surface area (Å²) in [6.07, 6.45) is 0. The largest absolute Gasteiger partial charge is 0.494 e. The first-order valence-corrected chi connectivity index (χ1v) is 9.62. The molecule has 1 amide bonds. The number of nitrogens with one attached hydrogen (secondary N) is 2. The Morgan fingerprint density at radius 3 is 2.26 bits per heavy atom. The van der Waals surface area contributed by atoms with E-state index in [0.717, 1.165) is 0 Å². The molecule has 0 spiro atoms. The third-order valence-electron chi connectivity index (χ3n) is 3.54. The predicted molar refractivity (Wildman–Crippen MR) is 101 cm³/mol. The lowest BCUT2D eigenvalue weighted by atomic mass is 10.3. The second-order valence-corrected chi connectivity index (χ2v) is 7.11. The topological polar surface area (TPSA) is 103 Å². The molecule has 146 valence electrons. The Morgan fingerprint density at radius 2 is 1.67 bits per heavy atom. The minimum absolute atomic E-state index is 0.0333. The standard InChI is InChI=1S/C18H22N2O6S/c1-4-26-14-7-5-13(6-8-14)20-18(21)12-19-27(22,23)15-9-10-16(24-2)17(11-15)25-3/h5-11,19H,4,12H2,1-3H3,(H,20,21). The van der Waals surface area contributed by atoms with Crippen molar-refractivity contribution in [3.05, 3.63) is 42.5 Å². The van der Waals surface area contributed by atoms with E-state index in [2.05, 4.69) is 10.0 Å². The summed E-state index contributed by atoms with van der Waals surface area (Å²) in [6, 6.07) is 10.9. The molecule has 0 bridgehead atoms. The molecule has 0 saturated carbocycles. The first-order valence-electron chi connectivity index (χ1n) is 8.14. The van der Waals surface area contributed by atoms with E-state index in [1.165, 1.54) is 32.4 Å². The van der Waals surface area contributed by atoms with Crippen LogP contribution in [0.2, 0.25) is 0 Å². The monoisotopic (exact) mass is 394 g/mol. The Labute approximate surface area is 158 Å². The fourth-order valence-electron chi connectivity index (χ4n) is 2.23. The number of carbonyl (C=O) groups is 1. The van der Waals surface area contributed by atoms with E-state index in [9.17, 15) is 13.2 Å². The number of hydrogen-bond acceptors (Lipinski definition) is 6. The summed E-state index contributed by atoms with van der Waals surface area (Å²) in [6.45, 7) is 2.01. The summed E-state index contributed by atoms with van der Waals surface area (Å²) in [5.41, 5.74) is 0.536. The average Bonchev–Trinajstić information content (AvgIpc) is 2.67. The number of benzene rings is 2. The third-order valence-corrected chi connectivity index (χ3v) is 4.94. The molecule has 0 atom stereocenters. The Bertz CT molecular complexity index is 881. The first-order chi connectivity index (χ1) is 12.9. The number of ether oxygens (including phenoxy) is 3. The average molecular weight is 394 g/mol. The van der Waals surface area contributed by atoms with Gasteiger partial charge in [0.1, 0.15) is 5.75 Å². The van der Waals surface area contributed by atoms with Gasteiger partial charge in [-0.1, -0.05) is 0 Å². The molecule has 9 heteroatoms. The van der Waals surface area contributed by atoms with Crippen molar-refractivity contribution in [2.75, 3.05) is 32.7 Å². The van der Waals surface area contributed by atoms with Gasteiger partial charge in [0.15, 0.2) is 11.5 Å². The van der Waals surface area contributed by atoms with Gasteiger partial charge in [-0.3, -0.25) is 4.79 Å². The lowest BCUT2D eigenvalue weighted by molar-refractivity contribution is -0.115. The van der Waals surface area contributed by atoms with E-state index in [0.29, 0.717) is 23.8 Å². The van der Waals surface area contributed by atoms with Crippen molar-refractivity contribution in [1.82, 2.24) is 4.72 Å². The van der Waals surface area contributed by atoms with Gasteiger partial charge >= 0.3 is 0 Å². The molecule has 0 heterocycles. The van der Waals surface area contributed by atoms with E-state index < -0.39 is 22.5 Å². The smallest absolute Gasteiger partial charge is 0.241 e. The maximum atomic E-state index is 12.4. The second kappa shape index (κ2) is 9.24. The van der Waals surface area contributed by atoms with Crippen LogP contribution in [0.15, 0.2) is 47.4 Å². The molecule has 0 aliphatic rings. The van der Waals surface area contributed by atoms with Crippen molar-refractivity contribution in [3.63, 3.8) is 0 Å². The molecule has 2 aromatic carbocycles. The Kier molecular flexibility index (Phi) is 7.03. The fraction of sp³-hybridized carbons (Fsp3) is 0.278. The van der Waals surface area contributed by atoms with Crippen LogP contribution < -0.4 is 24.2 Å². The van der Waals surface area contributed by atoms with E-state index in [4.69, 9.17) is 14.2 Å². The second-order valence-electron chi connectivity index (χ2n) is 5.35. The number of methoxy groups -OCH3 is 2. The lowest BCUT2D eigenvalue weighted by Gasteiger charge is -2.11. The molecular weight excluding hydrogens is 372 g/mol.